The summed E-state index contributed by atoms with van der Waals surface area (Å²) in [6, 6.07) is 6.67. The van der Waals surface area contributed by atoms with E-state index >= 15 is 0 Å². The smallest absolute Gasteiger partial charge is 0.149 e. The Morgan fingerprint density at radius 2 is 1.93 bits per heavy atom. The molecular formula is C21H20F3N5O. The van der Waals surface area contributed by atoms with E-state index in [2.05, 4.69) is 15.2 Å². The average Bonchev–Trinajstić information content (AvgIpc) is 3.35. The standard InChI is InChI=1S/C21H20F3N5O/c1-3-19-15-5-4-6-17(23)20(15)29(27-19)13(2)21(30,10-28-12-25-11-26-28)16-8-7-14(22)9-18(16)24/h4-9,11-13,30H,3,10H2,1-2H3/t13-,21-/m1/s1. The van der Waals surface area contributed by atoms with E-state index in [1.54, 1.807) is 19.1 Å². The fourth-order valence-electron chi connectivity index (χ4n) is 3.80. The van der Waals surface area contributed by atoms with Crippen molar-refractivity contribution in [2.75, 3.05) is 0 Å². The number of nitrogens with zero attached hydrogens (tertiary/aromatic N) is 5. The predicted octanol–water partition coefficient (Wildman–Crippen LogP) is 3.76. The van der Waals surface area contributed by atoms with E-state index in [-0.39, 0.29) is 17.6 Å². The molecule has 0 saturated carbocycles. The van der Waals surface area contributed by atoms with Crippen molar-refractivity contribution < 1.29 is 18.3 Å². The highest BCUT2D eigenvalue weighted by atomic mass is 19.1. The summed E-state index contributed by atoms with van der Waals surface area (Å²) in [7, 11) is 0. The molecule has 1 N–H and O–H groups in total. The number of fused-ring (bicyclic) bond motifs is 1. The first kappa shape index (κ1) is 20.1. The summed E-state index contributed by atoms with van der Waals surface area (Å²) in [4.78, 5) is 3.85. The monoisotopic (exact) mass is 415 g/mol. The maximum atomic E-state index is 14.8. The molecule has 0 aliphatic heterocycles. The van der Waals surface area contributed by atoms with Crippen LogP contribution in [0.1, 0.15) is 31.1 Å². The van der Waals surface area contributed by atoms with Gasteiger partial charge in [-0.3, -0.25) is 4.68 Å². The van der Waals surface area contributed by atoms with E-state index < -0.39 is 29.1 Å². The molecule has 4 rings (SSSR count). The van der Waals surface area contributed by atoms with Crippen LogP contribution in [0.2, 0.25) is 0 Å². The van der Waals surface area contributed by atoms with Gasteiger partial charge in [-0.15, -0.1) is 0 Å². The molecule has 2 atom stereocenters. The van der Waals surface area contributed by atoms with Crippen molar-refractivity contribution in [3.05, 3.63) is 77.8 Å². The maximum Gasteiger partial charge on any atom is 0.149 e. The highest BCUT2D eigenvalue weighted by molar-refractivity contribution is 5.82. The van der Waals surface area contributed by atoms with Crippen LogP contribution < -0.4 is 0 Å². The zero-order valence-corrected chi connectivity index (χ0v) is 16.4. The second-order valence-electron chi connectivity index (χ2n) is 7.20. The van der Waals surface area contributed by atoms with Gasteiger partial charge in [0, 0.05) is 17.0 Å². The number of aliphatic hydroxyl groups is 1. The summed E-state index contributed by atoms with van der Waals surface area (Å²) >= 11 is 0. The van der Waals surface area contributed by atoms with Crippen LogP contribution >= 0.6 is 0 Å². The van der Waals surface area contributed by atoms with Gasteiger partial charge >= 0.3 is 0 Å². The Morgan fingerprint density at radius 1 is 1.13 bits per heavy atom. The summed E-state index contributed by atoms with van der Waals surface area (Å²) in [5.74, 6) is -2.19. The second-order valence-corrected chi connectivity index (χ2v) is 7.20. The lowest BCUT2D eigenvalue weighted by Crippen LogP contribution is -2.41. The molecule has 30 heavy (non-hydrogen) atoms. The van der Waals surface area contributed by atoms with E-state index in [9.17, 15) is 18.3 Å². The third-order valence-corrected chi connectivity index (χ3v) is 5.42. The number of hydrogen-bond donors (Lipinski definition) is 1. The summed E-state index contributed by atoms with van der Waals surface area (Å²) in [5.41, 5.74) is -1.22. The van der Waals surface area contributed by atoms with Gasteiger partial charge in [0.1, 0.15) is 41.2 Å². The van der Waals surface area contributed by atoms with Gasteiger partial charge in [-0.05, 0) is 25.5 Å². The van der Waals surface area contributed by atoms with Crippen molar-refractivity contribution in [3.8, 4) is 0 Å². The molecule has 0 aliphatic rings. The maximum absolute atomic E-state index is 14.8. The molecule has 0 unspecified atom stereocenters. The molecule has 0 spiro atoms. The molecule has 9 heteroatoms. The molecule has 0 radical (unpaired) electrons. The lowest BCUT2D eigenvalue weighted by molar-refractivity contribution is -0.0357. The third kappa shape index (κ3) is 3.24. The van der Waals surface area contributed by atoms with Gasteiger partial charge in [0.15, 0.2) is 0 Å². The minimum atomic E-state index is -1.93. The van der Waals surface area contributed by atoms with Crippen LogP contribution in [0.3, 0.4) is 0 Å². The van der Waals surface area contributed by atoms with E-state index in [1.807, 2.05) is 6.92 Å². The van der Waals surface area contributed by atoms with E-state index in [4.69, 9.17) is 0 Å². The molecule has 0 bridgehead atoms. The van der Waals surface area contributed by atoms with Crippen LogP contribution in [0.5, 0.6) is 0 Å². The number of benzene rings is 2. The molecular weight excluding hydrogens is 395 g/mol. The first-order valence-electron chi connectivity index (χ1n) is 9.51. The van der Waals surface area contributed by atoms with Crippen molar-refractivity contribution in [2.24, 2.45) is 0 Å². The Kier molecular flexibility index (Phi) is 5.07. The molecule has 156 valence electrons. The average molecular weight is 415 g/mol. The molecule has 2 aromatic carbocycles. The lowest BCUT2D eigenvalue weighted by Gasteiger charge is -2.35. The number of halogens is 3. The highest BCUT2D eigenvalue weighted by Crippen LogP contribution is 2.38. The minimum absolute atomic E-state index is 0.148. The zero-order chi connectivity index (χ0) is 21.5. The minimum Gasteiger partial charge on any atom is -0.381 e. The number of para-hydroxylation sites is 1. The Bertz CT molecular complexity index is 1190. The van der Waals surface area contributed by atoms with Gasteiger partial charge in [0.05, 0.1) is 18.3 Å². The van der Waals surface area contributed by atoms with Gasteiger partial charge in [-0.2, -0.15) is 10.2 Å². The van der Waals surface area contributed by atoms with Crippen LogP contribution in [0, 0.1) is 17.5 Å². The summed E-state index contributed by atoms with van der Waals surface area (Å²) in [6.07, 6.45) is 3.20. The topological polar surface area (TPSA) is 68.8 Å². The largest absolute Gasteiger partial charge is 0.381 e. The van der Waals surface area contributed by atoms with Crippen molar-refractivity contribution in [2.45, 2.75) is 38.5 Å². The zero-order valence-electron chi connectivity index (χ0n) is 16.4. The van der Waals surface area contributed by atoms with Crippen LogP contribution in [-0.2, 0) is 18.6 Å². The predicted molar refractivity (Wildman–Crippen MR) is 104 cm³/mol. The first-order valence-corrected chi connectivity index (χ1v) is 9.51. The van der Waals surface area contributed by atoms with Gasteiger partial charge in [-0.25, -0.2) is 22.8 Å². The molecule has 4 aromatic rings. The second kappa shape index (κ2) is 7.56. The van der Waals surface area contributed by atoms with Crippen LogP contribution in [-0.4, -0.2) is 29.7 Å². The summed E-state index contributed by atoms with van der Waals surface area (Å²) in [5, 5.41) is 20.9. The molecule has 0 fully saturated rings. The number of aromatic nitrogens is 5. The van der Waals surface area contributed by atoms with Crippen molar-refractivity contribution in [1.82, 2.24) is 24.5 Å². The molecule has 0 amide bonds. The highest BCUT2D eigenvalue weighted by Gasteiger charge is 2.41. The van der Waals surface area contributed by atoms with E-state index in [0.29, 0.717) is 23.6 Å². The molecule has 2 aromatic heterocycles. The van der Waals surface area contributed by atoms with Gasteiger partial charge in [0.2, 0.25) is 0 Å². The number of rotatable bonds is 6. The number of aryl methyl sites for hydroxylation is 1. The molecule has 6 nitrogen and oxygen atoms in total. The van der Waals surface area contributed by atoms with Crippen LogP contribution in [0.4, 0.5) is 13.2 Å². The SMILES string of the molecule is CCc1nn([C@H](C)[C@](O)(Cn2cncn2)c2ccc(F)cc2F)c2c(F)cccc12. The van der Waals surface area contributed by atoms with Crippen LogP contribution in [0.15, 0.2) is 49.1 Å². The normalized spacial score (nSPS) is 14.7. The summed E-state index contributed by atoms with van der Waals surface area (Å²) < 4.78 is 45.8. The van der Waals surface area contributed by atoms with Gasteiger partial charge in [-0.1, -0.05) is 25.1 Å². The third-order valence-electron chi connectivity index (χ3n) is 5.42. The Balaban J connectivity index is 1.93. The summed E-state index contributed by atoms with van der Waals surface area (Å²) in [6.45, 7) is 3.30. The fourth-order valence-corrected chi connectivity index (χ4v) is 3.80. The quantitative estimate of drug-likeness (QED) is 0.521. The molecule has 0 saturated heterocycles. The molecule has 2 heterocycles. The van der Waals surface area contributed by atoms with Crippen molar-refractivity contribution in [3.63, 3.8) is 0 Å². The Labute approximate surface area is 170 Å². The van der Waals surface area contributed by atoms with Crippen molar-refractivity contribution in [1.29, 1.82) is 0 Å². The lowest BCUT2D eigenvalue weighted by atomic mass is 9.86. The van der Waals surface area contributed by atoms with E-state index in [1.165, 1.54) is 34.2 Å². The first-order chi connectivity index (χ1) is 14.3. The van der Waals surface area contributed by atoms with E-state index in [0.717, 1.165) is 6.07 Å². The molecule has 0 aliphatic carbocycles. The number of hydrogen-bond acceptors (Lipinski definition) is 4. The Hall–Kier alpha value is -3.20. The van der Waals surface area contributed by atoms with Gasteiger partial charge < -0.3 is 5.11 Å². The fraction of sp³-hybridized carbons (Fsp3) is 0.286. The van der Waals surface area contributed by atoms with Crippen LogP contribution in [0.25, 0.3) is 10.9 Å². The van der Waals surface area contributed by atoms with Crippen molar-refractivity contribution >= 4 is 10.9 Å². The Morgan fingerprint density at radius 3 is 2.60 bits per heavy atom. The van der Waals surface area contributed by atoms with Gasteiger partial charge in [0.25, 0.3) is 0 Å².